The van der Waals surface area contributed by atoms with Crippen LogP contribution in [0, 0.1) is 0 Å². The second kappa shape index (κ2) is 5.74. The molecule has 2 N–H and O–H groups in total. The summed E-state index contributed by atoms with van der Waals surface area (Å²) < 4.78 is 2.07. The fourth-order valence-electron chi connectivity index (χ4n) is 3.05. The molecule has 19 heavy (non-hydrogen) atoms. The van der Waals surface area contributed by atoms with Crippen molar-refractivity contribution in [3.8, 4) is 0 Å². The molecule has 2 fully saturated rings. The molecule has 2 heterocycles. The van der Waals surface area contributed by atoms with Gasteiger partial charge in [-0.05, 0) is 38.3 Å². The quantitative estimate of drug-likeness (QED) is 0.861. The average molecular weight is 262 g/mol. The van der Waals surface area contributed by atoms with Gasteiger partial charge in [-0.3, -0.25) is 9.48 Å². The summed E-state index contributed by atoms with van der Waals surface area (Å²) in [6.45, 7) is 1.49. The smallest absolute Gasteiger partial charge is 0.237 e. The molecule has 1 aliphatic carbocycles. The molecule has 0 bridgehead atoms. The lowest BCUT2D eigenvalue weighted by atomic mass is 10.2. The van der Waals surface area contributed by atoms with Crippen molar-refractivity contribution in [2.75, 3.05) is 6.54 Å². The second-order valence-corrected chi connectivity index (χ2v) is 5.59. The Morgan fingerprint density at radius 3 is 2.95 bits per heavy atom. The Morgan fingerprint density at radius 2 is 2.21 bits per heavy atom. The highest BCUT2D eigenvalue weighted by Crippen LogP contribution is 2.28. The van der Waals surface area contributed by atoms with Crippen LogP contribution in [0.2, 0.25) is 0 Å². The maximum absolute atomic E-state index is 11.9. The third-order valence-corrected chi connectivity index (χ3v) is 4.18. The molecule has 1 saturated carbocycles. The van der Waals surface area contributed by atoms with Crippen LogP contribution in [0.25, 0.3) is 0 Å². The van der Waals surface area contributed by atoms with Crippen LogP contribution in [-0.4, -0.2) is 28.3 Å². The Bertz CT molecular complexity index is 430. The molecule has 1 aliphatic heterocycles. The summed E-state index contributed by atoms with van der Waals surface area (Å²) >= 11 is 0. The molecule has 0 spiro atoms. The monoisotopic (exact) mass is 262 g/mol. The molecule has 1 aromatic heterocycles. The molecule has 1 amide bonds. The maximum atomic E-state index is 11.9. The number of hydrogen-bond donors (Lipinski definition) is 2. The van der Waals surface area contributed by atoms with Gasteiger partial charge in [0.05, 0.1) is 24.3 Å². The van der Waals surface area contributed by atoms with Gasteiger partial charge < -0.3 is 10.6 Å². The van der Waals surface area contributed by atoms with E-state index in [1.807, 2.05) is 12.3 Å². The molecule has 5 heteroatoms. The van der Waals surface area contributed by atoms with Crippen LogP contribution in [0.3, 0.4) is 0 Å². The molecule has 0 radical (unpaired) electrons. The molecule has 1 saturated heterocycles. The van der Waals surface area contributed by atoms with Crippen LogP contribution in [0.5, 0.6) is 0 Å². The normalized spacial score (nSPS) is 23.9. The number of rotatable bonds is 4. The van der Waals surface area contributed by atoms with E-state index < -0.39 is 0 Å². The molecule has 1 unspecified atom stereocenters. The Labute approximate surface area is 113 Å². The first-order valence-corrected chi connectivity index (χ1v) is 7.38. The predicted octanol–water partition coefficient (Wildman–Crippen LogP) is 1.37. The Kier molecular flexibility index (Phi) is 3.82. The highest BCUT2D eigenvalue weighted by atomic mass is 16.2. The molecular weight excluding hydrogens is 240 g/mol. The molecule has 1 aromatic rings. The van der Waals surface area contributed by atoms with Gasteiger partial charge in [0.25, 0.3) is 0 Å². The van der Waals surface area contributed by atoms with E-state index in [0.717, 1.165) is 25.1 Å². The van der Waals surface area contributed by atoms with Crippen molar-refractivity contribution >= 4 is 5.91 Å². The Hall–Kier alpha value is -1.36. The van der Waals surface area contributed by atoms with Gasteiger partial charge in [-0.1, -0.05) is 12.8 Å². The fraction of sp³-hybridized carbons (Fsp3) is 0.714. The van der Waals surface area contributed by atoms with E-state index in [1.165, 1.54) is 25.7 Å². The van der Waals surface area contributed by atoms with Gasteiger partial charge in [-0.2, -0.15) is 5.10 Å². The molecule has 3 rings (SSSR count). The zero-order chi connectivity index (χ0) is 13.1. The van der Waals surface area contributed by atoms with Crippen molar-refractivity contribution in [3.05, 3.63) is 18.0 Å². The first kappa shape index (κ1) is 12.7. The first-order chi connectivity index (χ1) is 9.33. The average Bonchev–Trinajstić information content (AvgIpc) is 3.14. The summed E-state index contributed by atoms with van der Waals surface area (Å²) in [7, 11) is 0. The third-order valence-electron chi connectivity index (χ3n) is 4.18. The molecule has 2 aliphatic rings. The fourth-order valence-corrected chi connectivity index (χ4v) is 3.05. The van der Waals surface area contributed by atoms with Crippen molar-refractivity contribution in [1.29, 1.82) is 0 Å². The van der Waals surface area contributed by atoms with Gasteiger partial charge in [0, 0.05) is 6.20 Å². The molecule has 0 aromatic carbocycles. The lowest BCUT2D eigenvalue weighted by Gasteiger charge is -2.10. The molecule has 1 atom stereocenters. The van der Waals surface area contributed by atoms with Crippen molar-refractivity contribution in [2.24, 2.45) is 0 Å². The van der Waals surface area contributed by atoms with Gasteiger partial charge >= 0.3 is 0 Å². The van der Waals surface area contributed by atoms with Crippen molar-refractivity contribution in [2.45, 2.75) is 57.2 Å². The van der Waals surface area contributed by atoms with Crippen molar-refractivity contribution in [1.82, 2.24) is 20.4 Å². The third kappa shape index (κ3) is 2.97. The van der Waals surface area contributed by atoms with E-state index >= 15 is 0 Å². The van der Waals surface area contributed by atoms with Crippen LogP contribution in [0.1, 0.15) is 50.3 Å². The summed E-state index contributed by atoms with van der Waals surface area (Å²) in [5.41, 5.74) is 0.957. The minimum absolute atomic E-state index is 0.00285. The highest BCUT2D eigenvalue weighted by molar-refractivity contribution is 5.81. The molecule has 104 valence electrons. The predicted molar refractivity (Wildman–Crippen MR) is 72.6 cm³/mol. The second-order valence-electron chi connectivity index (χ2n) is 5.59. The van der Waals surface area contributed by atoms with E-state index in [-0.39, 0.29) is 11.9 Å². The van der Waals surface area contributed by atoms with E-state index in [0.29, 0.717) is 12.6 Å². The van der Waals surface area contributed by atoms with E-state index in [4.69, 9.17) is 0 Å². The number of nitrogens with one attached hydrogen (secondary N) is 2. The van der Waals surface area contributed by atoms with Crippen LogP contribution in [0.15, 0.2) is 12.3 Å². The number of amides is 1. The lowest BCUT2D eigenvalue weighted by Crippen LogP contribution is -2.40. The largest absolute Gasteiger partial charge is 0.349 e. The minimum atomic E-state index is -0.00285. The highest BCUT2D eigenvalue weighted by Gasteiger charge is 2.22. The number of aromatic nitrogens is 2. The summed E-state index contributed by atoms with van der Waals surface area (Å²) in [5.74, 6) is 0.105. The Balaban J connectivity index is 1.51. The summed E-state index contributed by atoms with van der Waals surface area (Å²) in [6.07, 6.45) is 9.18. The number of nitrogens with zero attached hydrogens (tertiary/aromatic N) is 2. The van der Waals surface area contributed by atoms with Crippen LogP contribution < -0.4 is 10.6 Å². The van der Waals surface area contributed by atoms with Crippen LogP contribution >= 0.6 is 0 Å². The SMILES string of the molecule is O=C(NCc1ccn(C2CCCC2)n1)C1CCCN1. The standard InChI is InChI=1S/C14H22N4O/c19-14(13-6-3-8-15-13)16-10-11-7-9-18(17-11)12-4-1-2-5-12/h7,9,12-13,15H,1-6,8,10H2,(H,16,19). The van der Waals surface area contributed by atoms with E-state index in [9.17, 15) is 4.79 Å². The van der Waals surface area contributed by atoms with E-state index in [1.54, 1.807) is 0 Å². The zero-order valence-corrected chi connectivity index (χ0v) is 11.3. The van der Waals surface area contributed by atoms with Crippen LogP contribution in [-0.2, 0) is 11.3 Å². The lowest BCUT2D eigenvalue weighted by molar-refractivity contribution is -0.122. The van der Waals surface area contributed by atoms with Crippen molar-refractivity contribution < 1.29 is 4.79 Å². The van der Waals surface area contributed by atoms with Gasteiger partial charge in [0.1, 0.15) is 0 Å². The Morgan fingerprint density at radius 1 is 1.37 bits per heavy atom. The van der Waals surface area contributed by atoms with Crippen LogP contribution in [0.4, 0.5) is 0 Å². The maximum Gasteiger partial charge on any atom is 0.237 e. The number of carbonyl (C=O) groups excluding carboxylic acids is 1. The molecular formula is C14H22N4O. The van der Waals surface area contributed by atoms with Gasteiger partial charge in [0.2, 0.25) is 5.91 Å². The van der Waals surface area contributed by atoms with Gasteiger partial charge in [0.15, 0.2) is 0 Å². The topological polar surface area (TPSA) is 59.0 Å². The summed E-state index contributed by atoms with van der Waals surface area (Å²) in [6, 6.07) is 2.58. The van der Waals surface area contributed by atoms with Gasteiger partial charge in [-0.25, -0.2) is 0 Å². The summed E-state index contributed by atoms with van der Waals surface area (Å²) in [5, 5.41) is 10.7. The molecule has 5 nitrogen and oxygen atoms in total. The number of carbonyl (C=O) groups is 1. The van der Waals surface area contributed by atoms with Crippen molar-refractivity contribution in [3.63, 3.8) is 0 Å². The van der Waals surface area contributed by atoms with Gasteiger partial charge in [-0.15, -0.1) is 0 Å². The summed E-state index contributed by atoms with van der Waals surface area (Å²) in [4.78, 5) is 11.9. The minimum Gasteiger partial charge on any atom is -0.349 e. The first-order valence-electron chi connectivity index (χ1n) is 7.38. The zero-order valence-electron chi connectivity index (χ0n) is 11.3. The van der Waals surface area contributed by atoms with E-state index in [2.05, 4.69) is 20.4 Å². The number of hydrogen-bond acceptors (Lipinski definition) is 3.